The largest absolute Gasteiger partial charge is 0.497 e. The second-order valence-electron chi connectivity index (χ2n) is 16.4. The molecule has 6 aromatic rings. The molecule has 0 bridgehead atoms. The third kappa shape index (κ3) is 12.2. The van der Waals surface area contributed by atoms with Crippen LogP contribution < -0.4 is 4.74 Å². The highest BCUT2D eigenvalue weighted by Crippen LogP contribution is 2.36. The average molecular weight is 981 g/mol. The van der Waals surface area contributed by atoms with Gasteiger partial charge in [-0.25, -0.2) is 28.8 Å². The molecule has 0 amide bonds. The Morgan fingerprint density at radius 1 is 0.417 bits per heavy atom. The molecule has 2 fully saturated rings. The van der Waals surface area contributed by atoms with E-state index in [0.717, 1.165) is 0 Å². The van der Waals surface area contributed by atoms with Crippen molar-refractivity contribution < 1.29 is 81.2 Å². The van der Waals surface area contributed by atoms with Gasteiger partial charge in [0.1, 0.15) is 24.6 Å². The predicted octanol–water partition coefficient (Wildman–Crippen LogP) is 6.83. The lowest BCUT2D eigenvalue weighted by Gasteiger charge is -2.48. The maximum Gasteiger partial charge on any atom is 0.338 e. The standard InChI is InChI=1S/C55H48O17/c1-33-42(67-53(61)39-28-30-40(63-2)31-29-39)44(68-49(57)35-20-10-4-11-21-35)47(71-52(60)38-26-16-7-17-27-38)55(65-33)72-43-41(32-64-48(56)34-18-8-3-9-19-34)66-54(62)46(70-51(59)37-24-14-6-15-25-37)45(43)69-50(58)36-22-12-5-13-23-36/h3-31,33,41-47,54-55,62H,32H2,1-2H3/t33-,41-,42+,43-,44+,45+,46-,47-,54-,55+/m1/s1. The first-order valence-electron chi connectivity index (χ1n) is 22.7. The van der Waals surface area contributed by atoms with Crippen molar-refractivity contribution in [2.45, 2.75) is 68.3 Å². The van der Waals surface area contributed by atoms with E-state index < -0.39 is 104 Å². The van der Waals surface area contributed by atoms with Crippen LogP contribution in [0.1, 0.15) is 69.1 Å². The summed E-state index contributed by atoms with van der Waals surface area (Å²) in [7, 11) is 1.46. The summed E-state index contributed by atoms with van der Waals surface area (Å²) in [6, 6.07) is 45.1. The average Bonchev–Trinajstić information content (AvgIpc) is 3.42. The Morgan fingerprint density at radius 3 is 1.18 bits per heavy atom. The van der Waals surface area contributed by atoms with E-state index in [4.69, 9.17) is 47.4 Å². The number of hydrogen-bond donors (Lipinski definition) is 1. The fraction of sp³-hybridized carbons (Fsp3) is 0.236. The van der Waals surface area contributed by atoms with Crippen molar-refractivity contribution in [3.05, 3.63) is 209 Å². The highest BCUT2D eigenvalue weighted by Gasteiger charge is 2.57. The van der Waals surface area contributed by atoms with Gasteiger partial charge < -0.3 is 52.5 Å². The van der Waals surface area contributed by atoms with Crippen molar-refractivity contribution in [1.29, 1.82) is 0 Å². The van der Waals surface area contributed by atoms with Gasteiger partial charge in [0.05, 0.1) is 46.6 Å². The number of esters is 6. The molecule has 72 heavy (non-hydrogen) atoms. The molecule has 2 saturated heterocycles. The monoisotopic (exact) mass is 980 g/mol. The van der Waals surface area contributed by atoms with Gasteiger partial charge >= 0.3 is 35.8 Å². The third-order valence-corrected chi connectivity index (χ3v) is 11.6. The van der Waals surface area contributed by atoms with Gasteiger partial charge in [0, 0.05) is 0 Å². The second kappa shape index (κ2) is 23.6. The van der Waals surface area contributed by atoms with E-state index >= 15 is 0 Å². The molecule has 0 aromatic heterocycles. The maximum atomic E-state index is 14.2. The van der Waals surface area contributed by atoms with E-state index in [2.05, 4.69) is 0 Å². The van der Waals surface area contributed by atoms with Gasteiger partial charge in [0.25, 0.3) is 0 Å². The van der Waals surface area contributed by atoms with Gasteiger partial charge in [-0.1, -0.05) is 91.0 Å². The van der Waals surface area contributed by atoms with Crippen LogP contribution in [0.5, 0.6) is 5.75 Å². The molecule has 2 aliphatic rings. The molecule has 0 aliphatic carbocycles. The molecule has 2 aliphatic heterocycles. The quantitative estimate of drug-likeness (QED) is 0.0777. The number of aliphatic hydroxyl groups is 1. The number of benzene rings is 6. The van der Waals surface area contributed by atoms with Crippen LogP contribution in [0.25, 0.3) is 0 Å². The predicted molar refractivity (Wildman–Crippen MR) is 252 cm³/mol. The fourth-order valence-electron chi connectivity index (χ4n) is 7.91. The molecule has 0 spiro atoms. The van der Waals surface area contributed by atoms with Crippen LogP contribution in [0.15, 0.2) is 176 Å². The summed E-state index contributed by atoms with van der Waals surface area (Å²) in [5.74, 6) is -5.03. The third-order valence-electron chi connectivity index (χ3n) is 11.6. The summed E-state index contributed by atoms with van der Waals surface area (Å²) < 4.78 is 60.7. The van der Waals surface area contributed by atoms with Gasteiger partial charge in [-0.3, -0.25) is 0 Å². The first kappa shape index (κ1) is 50.2. The molecule has 6 aromatic carbocycles. The zero-order chi connectivity index (χ0) is 50.6. The van der Waals surface area contributed by atoms with Crippen LogP contribution in [0, 0.1) is 0 Å². The molecule has 0 unspecified atom stereocenters. The molecule has 17 heteroatoms. The van der Waals surface area contributed by atoms with Gasteiger partial charge in [0.2, 0.25) is 0 Å². The Labute approximate surface area is 413 Å². The molecule has 10 atom stereocenters. The van der Waals surface area contributed by atoms with Crippen LogP contribution in [0.2, 0.25) is 0 Å². The molecule has 17 nitrogen and oxygen atoms in total. The van der Waals surface area contributed by atoms with Crippen LogP contribution in [0.4, 0.5) is 0 Å². The molecular formula is C55H48O17. The molecule has 1 N–H and O–H groups in total. The van der Waals surface area contributed by atoms with E-state index in [1.165, 1.54) is 86.8 Å². The van der Waals surface area contributed by atoms with Crippen molar-refractivity contribution in [3.8, 4) is 5.75 Å². The number of carbonyl (C=O) groups excluding carboxylic acids is 6. The minimum absolute atomic E-state index is 0.0454. The van der Waals surface area contributed by atoms with Crippen molar-refractivity contribution >= 4 is 35.8 Å². The summed E-state index contributed by atoms with van der Waals surface area (Å²) in [5, 5.41) is 11.7. The lowest BCUT2D eigenvalue weighted by molar-refractivity contribution is -0.349. The van der Waals surface area contributed by atoms with E-state index in [-0.39, 0.29) is 33.4 Å². The van der Waals surface area contributed by atoms with E-state index in [1.807, 2.05) is 0 Å². The number of aliphatic hydroxyl groups excluding tert-OH is 1. The van der Waals surface area contributed by atoms with Crippen LogP contribution in [-0.4, -0.2) is 116 Å². The Kier molecular flexibility index (Phi) is 16.4. The number of methoxy groups -OCH3 is 1. The highest BCUT2D eigenvalue weighted by atomic mass is 16.8. The Morgan fingerprint density at radius 2 is 0.764 bits per heavy atom. The van der Waals surface area contributed by atoms with Crippen LogP contribution in [-0.2, 0) is 42.6 Å². The highest BCUT2D eigenvalue weighted by molar-refractivity contribution is 5.92. The zero-order valence-corrected chi connectivity index (χ0v) is 38.7. The number of hydrogen-bond acceptors (Lipinski definition) is 17. The van der Waals surface area contributed by atoms with Crippen LogP contribution >= 0.6 is 0 Å². The molecular weight excluding hydrogens is 933 g/mol. The zero-order valence-electron chi connectivity index (χ0n) is 38.7. The van der Waals surface area contributed by atoms with Crippen molar-refractivity contribution in [3.63, 3.8) is 0 Å². The van der Waals surface area contributed by atoms with Gasteiger partial charge in [-0.2, -0.15) is 0 Å². The number of ether oxygens (including phenoxy) is 10. The van der Waals surface area contributed by atoms with Gasteiger partial charge in [0.15, 0.2) is 43.1 Å². The topological polar surface area (TPSA) is 215 Å². The molecule has 2 heterocycles. The normalized spacial score (nSPS) is 23.5. The summed E-state index contributed by atoms with van der Waals surface area (Å²) in [6.45, 7) is 0.804. The Balaban J connectivity index is 1.22. The Hall–Kier alpha value is -8.22. The van der Waals surface area contributed by atoms with E-state index in [9.17, 15) is 33.9 Å². The molecule has 0 radical (unpaired) electrons. The summed E-state index contributed by atoms with van der Waals surface area (Å²) in [6.07, 6.45) is -17.2. The first-order chi connectivity index (χ1) is 35.0. The lowest BCUT2D eigenvalue weighted by atomic mass is 9.96. The van der Waals surface area contributed by atoms with Crippen molar-refractivity contribution in [2.24, 2.45) is 0 Å². The fourth-order valence-corrected chi connectivity index (χ4v) is 7.91. The SMILES string of the molecule is COc1ccc(C(=O)O[C@@H]2[C@H](OC(=O)c3ccccc3)[C@@H](OC(=O)c3ccccc3)[C@H](O[C@H]3[C@H](OC(=O)c4ccccc4)[C@@H](OC(=O)c4ccccc4)[C@H](O)O[C@@H]3COC(=O)c3ccccc3)O[C@@H]2C)cc1. The van der Waals surface area contributed by atoms with E-state index in [0.29, 0.717) is 5.75 Å². The van der Waals surface area contributed by atoms with E-state index in [1.54, 1.807) is 103 Å². The minimum atomic E-state index is -2.05. The van der Waals surface area contributed by atoms with Crippen molar-refractivity contribution in [2.75, 3.05) is 13.7 Å². The second-order valence-corrected chi connectivity index (χ2v) is 16.4. The summed E-state index contributed by atoms with van der Waals surface area (Å²) >= 11 is 0. The Bertz CT molecular complexity index is 2780. The maximum absolute atomic E-state index is 14.2. The van der Waals surface area contributed by atoms with Crippen molar-refractivity contribution in [1.82, 2.24) is 0 Å². The number of carbonyl (C=O) groups is 6. The first-order valence-corrected chi connectivity index (χ1v) is 22.7. The molecule has 0 saturated carbocycles. The van der Waals surface area contributed by atoms with Gasteiger partial charge in [-0.15, -0.1) is 0 Å². The summed E-state index contributed by atoms with van der Waals surface area (Å²) in [5.41, 5.74) is 0.468. The number of rotatable bonds is 16. The van der Waals surface area contributed by atoms with Gasteiger partial charge in [-0.05, 0) is 91.9 Å². The molecule has 370 valence electrons. The minimum Gasteiger partial charge on any atom is -0.497 e. The summed E-state index contributed by atoms with van der Waals surface area (Å²) in [4.78, 5) is 83.5. The lowest BCUT2D eigenvalue weighted by Crippen LogP contribution is -2.66. The van der Waals surface area contributed by atoms with Crippen LogP contribution in [0.3, 0.4) is 0 Å². The smallest absolute Gasteiger partial charge is 0.338 e. The molecule has 8 rings (SSSR count).